The van der Waals surface area contributed by atoms with Crippen molar-refractivity contribution in [1.82, 2.24) is 0 Å². The van der Waals surface area contributed by atoms with Crippen LogP contribution >= 0.6 is 11.6 Å². The molecule has 4 heteroatoms. The standard InChI is InChI=1S/C12H17ClO3/c1-8(7-15-2)12(14)9-4-5-10(13)11(6-9)16-3/h4-6,8,12,14H,7H2,1-3H3. The second-order valence-corrected chi connectivity index (χ2v) is 4.18. The third-order valence-electron chi connectivity index (χ3n) is 2.49. The minimum atomic E-state index is -0.578. The summed E-state index contributed by atoms with van der Waals surface area (Å²) < 4.78 is 10.1. The van der Waals surface area contributed by atoms with Gasteiger partial charge in [0.1, 0.15) is 5.75 Å². The predicted octanol–water partition coefficient (Wildman–Crippen LogP) is 2.66. The first-order chi connectivity index (χ1) is 7.60. The van der Waals surface area contributed by atoms with Gasteiger partial charge in [0.25, 0.3) is 0 Å². The van der Waals surface area contributed by atoms with E-state index in [-0.39, 0.29) is 5.92 Å². The first-order valence-corrected chi connectivity index (χ1v) is 5.48. The van der Waals surface area contributed by atoms with Gasteiger partial charge in [-0.25, -0.2) is 0 Å². The number of rotatable bonds is 5. The Bertz CT molecular complexity index is 341. The quantitative estimate of drug-likeness (QED) is 0.866. The van der Waals surface area contributed by atoms with E-state index in [1.54, 1.807) is 32.4 Å². The molecule has 0 fully saturated rings. The molecule has 2 unspecified atom stereocenters. The average molecular weight is 245 g/mol. The van der Waals surface area contributed by atoms with Gasteiger partial charge < -0.3 is 14.6 Å². The number of benzene rings is 1. The molecule has 16 heavy (non-hydrogen) atoms. The van der Waals surface area contributed by atoms with Gasteiger partial charge in [-0.3, -0.25) is 0 Å². The molecule has 0 aromatic heterocycles. The van der Waals surface area contributed by atoms with Crippen molar-refractivity contribution in [2.75, 3.05) is 20.8 Å². The Hall–Kier alpha value is -0.770. The fraction of sp³-hybridized carbons (Fsp3) is 0.500. The number of ether oxygens (including phenoxy) is 2. The Morgan fingerprint density at radius 3 is 2.62 bits per heavy atom. The summed E-state index contributed by atoms with van der Waals surface area (Å²) in [6.45, 7) is 2.43. The molecule has 3 nitrogen and oxygen atoms in total. The van der Waals surface area contributed by atoms with E-state index in [1.807, 2.05) is 6.92 Å². The molecule has 0 aliphatic carbocycles. The van der Waals surface area contributed by atoms with Crippen LogP contribution in [-0.4, -0.2) is 25.9 Å². The molecule has 0 spiro atoms. The fourth-order valence-corrected chi connectivity index (χ4v) is 1.74. The molecule has 0 saturated heterocycles. The molecule has 0 saturated carbocycles. The van der Waals surface area contributed by atoms with Gasteiger partial charge >= 0.3 is 0 Å². The minimum Gasteiger partial charge on any atom is -0.495 e. The molecule has 0 amide bonds. The predicted molar refractivity (Wildman–Crippen MR) is 64.0 cm³/mol. The third-order valence-corrected chi connectivity index (χ3v) is 2.80. The highest BCUT2D eigenvalue weighted by molar-refractivity contribution is 6.32. The number of hydrogen-bond acceptors (Lipinski definition) is 3. The molecule has 0 bridgehead atoms. The topological polar surface area (TPSA) is 38.7 Å². The van der Waals surface area contributed by atoms with Crippen molar-refractivity contribution in [2.24, 2.45) is 5.92 Å². The highest BCUT2D eigenvalue weighted by atomic mass is 35.5. The summed E-state index contributed by atoms with van der Waals surface area (Å²) >= 11 is 5.91. The molecule has 0 aliphatic heterocycles. The van der Waals surface area contributed by atoms with Crippen LogP contribution in [0.1, 0.15) is 18.6 Å². The Kier molecular flexibility index (Phi) is 5.06. The molecule has 0 aliphatic rings. The van der Waals surface area contributed by atoms with Gasteiger partial charge in [-0.1, -0.05) is 24.6 Å². The van der Waals surface area contributed by atoms with Crippen LogP contribution in [0.5, 0.6) is 5.75 Å². The molecule has 2 atom stereocenters. The first-order valence-electron chi connectivity index (χ1n) is 5.10. The van der Waals surface area contributed by atoms with Gasteiger partial charge in [0.15, 0.2) is 0 Å². The van der Waals surface area contributed by atoms with E-state index in [4.69, 9.17) is 21.1 Å². The van der Waals surface area contributed by atoms with E-state index in [9.17, 15) is 5.11 Å². The van der Waals surface area contributed by atoms with Gasteiger partial charge in [0.2, 0.25) is 0 Å². The lowest BCUT2D eigenvalue weighted by Crippen LogP contribution is -2.14. The van der Waals surface area contributed by atoms with Crippen molar-refractivity contribution in [2.45, 2.75) is 13.0 Å². The Labute approximate surface area is 101 Å². The summed E-state index contributed by atoms with van der Waals surface area (Å²) in [5, 5.41) is 10.6. The number of aliphatic hydroxyl groups is 1. The fourth-order valence-electron chi connectivity index (χ4n) is 1.54. The van der Waals surface area contributed by atoms with Crippen molar-refractivity contribution < 1.29 is 14.6 Å². The van der Waals surface area contributed by atoms with Crippen LogP contribution < -0.4 is 4.74 Å². The molecular formula is C12H17ClO3. The van der Waals surface area contributed by atoms with Gasteiger partial charge in [-0.2, -0.15) is 0 Å². The smallest absolute Gasteiger partial charge is 0.137 e. The zero-order valence-electron chi connectivity index (χ0n) is 9.74. The highest BCUT2D eigenvalue weighted by Crippen LogP contribution is 2.30. The highest BCUT2D eigenvalue weighted by Gasteiger charge is 2.17. The van der Waals surface area contributed by atoms with E-state index in [0.29, 0.717) is 17.4 Å². The van der Waals surface area contributed by atoms with Crippen molar-refractivity contribution in [3.63, 3.8) is 0 Å². The second-order valence-electron chi connectivity index (χ2n) is 3.77. The zero-order chi connectivity index (χ0) is 12.1. The monoisotopic (exact) mass is 244 g/mol. The summed E-state index contributed by atoms with van der Waals surface area (Å²) in [5.74, 6) is 0.596. The molecular weight excluding hydrogens is 228 g/mol. The van der Waals surface area contributed by atoms with Gasteiger partial charge in [0, 0.05) is 13.0 Å². The van der Waals surface area contributed by atoms with E-state index in [0.717, 1.165) is 5.56 Å². The lowest BCUT2D eigenvalue weighted by molar-refractivity contribution is 0.0565. The Balaban J connectivity index is 2.87. The maximum Gasteiger partial charge on any atom is 0.137 e. The largest absolute Gasteiger partial charge is 0.495 e. The maximum absolute atomic E-state index is 10.1. The van der Waals surface area contributed by atoms with Crippen LogP contribution in [0.25, 0.3) is 0 Å². The second kappa shape index (κ2) is 6.09. The van der Waals surface area contributed by atoms with Gasteiger partial charge in [-0.05, 0) is 17.7 Å². The van der Waals surface area contributed by atoms with Crippen LogP contribution in [-0.2, 0) is 4.74 Å². The molecule has 0 radical (unpaired) electrons. The zero-order valence-corrected chi connectivity index (χ0v) is 10.5. The van der Waals surface area contributed by atoms with Crippen LogP contribution in [0, 0.1) is 5.92 Å². The normalized spacial score (nSPS) is 14.6. The Morgan fingerprint density at radius 2 is 2.06 bits per heavy atom. The molecule has 1 rings (SSSR count). The summed E-state index contributed by atoms with van der Waals surface area (Å²) in [6.07, 6.45) is -0.578. The number of halogens is 1. The average Bonchev–Trinajstić information content (AvgIpc) is 2.29. The summed E-state index contributed by atoms with van der Waals surface area (Å²) in [5.41, 5.74) is 0.783. The summed E-state index contributed by atoms with van der Waals surface area (Å²) in [6, 6.07) is 5.26. The van der Waals surface area contributed by atoms with E-state index >= 15 is 0 Å². The van der Waals surface area contributed by atoms with Crippen LogP contribution in [0.4, 0.5) is 0 Å². The lowest BCUT2D eigenvalue weighted by atomic mass is 9.98. The lowest BCUT2D eigenvalue weighted by Gasteiger charge is -2.19. The first kappa shape index (κ1) is 13.3. The molecule has 1 N–H and O–H groups in total. The maximum atomic E-state index is 10.1. The van der Waals surface area contributed by atoms with E-state index < -0.39 is 6.10 Å². The summed E-state index contributed by atoms with van der Waals surface area (Å²) in [7, 11) is 3.17. The minimum absolute atomic E-state index is 0.0240. The van der Waals surface area contributed by atoms with E-state index in [1.165, 1.54) is 0 Å². The SMILES string of the molecule is COCC(C)C(O)c1ccc(Cl)c(OC)c1. The van der Waals surface area contributed by atoms with Crippen LogP contribution in [0.2, 0.25) is 5.02 Å². The van der Waals surface area contributed by atoms with Crippen molar-refractivity contribution in [1.29, 1.82) is 0 Å². The van der Waals surface area contributed by atoms with Crippen molar-refractivity contribution in [3.8, 4) is 5.75 Å². The van der Waals surface area contributed by atoms with Crippen molar-refractivity contribution >= 4 is 11.6 Å². The molecule has 0 heterocycles. The molecule has 1 aromatic carbocycles. The van der Waals surface area contributed by atoms with Gasteiger partial charge in [0.05, 0.1) is 24.8 Å². The third kappa shape index (κ3) is 3.11. The number of hydrogen-bond donors (Lipinski definition) is 1. The van der Waals surface area contributed by atoms with Crippen LogP contribution in [0.15, 0.2) is 18.2 Å². The number of aliphatic hydroxyl groups excluding tert-OH is 1. The van der Waals surface area contributed by atoms with Crippen LogP contribution in [0.3, 0.4) is 0 Å². The van der Waals surface area contributed by atoms with Crippen molar-refractivity contribution in [3.05, 3.63) is 28.8 Å². The summed E-state index contributed by atoms with van der Waals surface area (Å²) in [4.78, 5) is 0. The molecule has 90 valence electrons. The Morgan fingerprint density at radius 1 is 1.38 bits per heavy atom. The van der Waals surface area contributed by atoms with Gasteiger partial charge in [-0.15, -0.1) is 0 Å². The molecule has 1 aromatic rings. The number of methoxy groups -OCH3 is 2. The van der Waals surface area contributed by atoms with E-state index in [2.05, 4.69) is 0 Å².